The standard InChI is InChI=1S/C10H12Cl3O5P/c1-16-19(15,17-2)18-8-5-3-7(4-6-8)9(14)10(11,12)13/h3-6,9,14H,1-2H3. The first-order valence-electron chi connectivity index (χ1n) is 4.97. The smallest absolute Gasteiger partial charge is 0.404 e. The molecule has 1 rings (SSSR count). The van der Waals surface area contributed by atoms with Crippen molar-refractivity contribution >= 4 is 42.6 Å². The summed E-state index contributed by atoms with van der Waals surface area (Å²) in [7, 11) is -1.22. The average molecular weight is 350 g/mol. The Kier molecular flexibility index (Phi) is 5.96. The lowest BCUT2D eigenvalue weighted by Gasteiger charge is -2.19. The molecule has 0 spiro atoms. The molecule has 0 radical (unpaired) electrons. The second-order valence-corrected chi connectivity index (χ2v) is 7.59. The molecule has 0 saturated heterocycles. The van der Waals surface area contributed by atoms with Crippen LogP contribution in [0.3, 0.4) is 0 Å². The summed E-state index contributed by atoms with van der Waals surface area (Å²) in [5, 5.41) is 9.73. The molecule has 0 amide bonds. The maximum absolute atomic E-state index is 11.7. The minimum absolute atomic E-state index is 0.229. The quantitative estimate of drug-likeness (QED) is 0.646. The summed E-state index contributed by atoms with van der Waals surface area (Å²) in [6, 6.07) is 5.83. The van der Waals surface area contributed by atoms with Crippen LogP contribution in [0.5, 0.6) is 5.75 Å². The Labute approximate surface area is 125 Å². The Morgan fingerprint density at radius 1 is 1.16 bits per heavy atom. The van der Waals surface area contributed by atoms with Gasteiger partial charge >= 0.3 is 7.82 Å². The van der Waals surface area contributed by atoms with Crippen LogP contribution in [0.4, 0.5) is 0 Å². The van der Waals surface area contributed by atoms with Crippen LogP contribution in [-0.4, -0.2) is 23.1 Å². The van der Waals surface area contributed by atoms with E-state index >= 15 is 0 Å². The van der Waals surface area contributed by atoms with Gasteiger partial charge in [0.1, 0.15) is 11.9 Å². The zero-order valence-corrected chi connectivity index (χ0v) is 13.2. The van der Waals surface area contributed by atoms with Crippen LogP contribution in [0.2, 0.25) is 0 Å². The minimum atomic E-state index is -3.62. The number of benzene rings is 1. The van der Waals surface area contributed by atoms with Crippen molar-refractivity contribution in [2.75, 3.05) is 14.2 Å². The van der Waals surface area contributed by atoms with Crippen molar-refractivity contribution in [2.45, 2.75) is 9.90 Å². The van der Waals surface area contributed by atoms with Crippen LogP contribution in [0.15, 0.2) is 24.3 Å². The van der Waals surface area contributed by atoms with Crippen LogP contribution in [0.1, 0.15) is 11.7 Å². The molecule has 108 valence electrons. The van der Waals surface area contributed by atoms with Crippen molar-refractivity contribution in [1.82, 2.24) is 0 Å². The van der Waals surface area contributed by atoms with E-state index in [1.165, 1.54) is 38.5 Å². The lowest BCUT2D eigenvalue weighted by molar-refractivity contribution is 0.182. The highest BCUT2D eigenvalue weighted by Crippen LogP contribution is 2.48. The molecule has 1 aromatic rings. The first kappa shape index (κ1) is 17.1. The van der Waals surface area contributed by atoms with Crippen LogP contribution >= 0.6 is 42.6 Å². The molecule has 0 aliphatic rings. The second kappa shape index (κ2) is 6.64. The van der Waals surface area contributed by atoms with Gasteiger partial charge in [0.25, 0.3) is 0 Å². The fourth-order valence-electron chi connectivity index (χ4n) is 1.18. The third-order valence-corrected chi connectivity index (χ3v) is 4.12. The van der Waals surface area contributed by atoms with Crippen LogP contribution in [0.25, 0.3) is 0 Å². The molecule has 0 bridgehead atoms. The fraction of sp³-hybridized carbons (Fsp3) is 0.400. The highest BCUT2D eigenvalue weighted by atomic mass is 35.6. The largest absolute Gasteiger partial charge is 0.529 e. The van der Waals surface area contributed by atoms with E-state index in [2.05, 4.69) is 9.05 Å². The molecule has 1 N–H and O–H groups in total. The van der Waals surface area contributed by atoms with E-state index < -0.39 is 17.7 Å². The van der Waals surface area contributed by atoms with Gasteiger partial charge in [-0.2, -0.15) is 0 Å². The van der Waals surface area contributed by atoms with Gasteiger partial charge in [-0.3, -0.25) is 9.05 Å². The SMILES string of the molecule is COP(=O)(OC)Oc1ccc(C(O)C(Cl)(Cl)Cl)cc1. The van der Waals surface area contributed by atoms with E-state index in [1.54, 1.807) is 0 Å². The summed E-state index contributed by atoms with van der Waals surface area (Å²) < 4.78 is 24.2. The van der Waals surface area contributed by atoms with E-state index in [1.807, 2.05) is 0 Å². The first-order valence-corrected chi connectivity index (χ1v) is 7.57. The van der Waals surface area contributed by atoms with Crippen LogP contribution in [0, 0.1) is 0 Å². The molecule has 0 heterocycles. The Morgan fingerprint density at radius 3 is 2.00 bits per heavy atom. The highest BCUT2D eigenvalue weighted by molar-refractivity contribution is 7.48. The van der Waals surface area contributed by atoms with Gasteiger partial charge in [-0.05, 0) is 17.7 Å². The number of aliphatic hydroxyl groups is 1. The van der Waals surface area contributed by atoms with Gasteiger partial charge in [-0.1, -0.05) is 46.9 Å². The van der Waals surface area contributed by atoms with Crippen LogP contribution < -0.4 is 4.52 Å². The summed E-state index contributed by atoms with van der Waals surface area (Å²) in [6.07, 6.45) is -1.29. The monoisotopic (exact) mass is 348 g/mol. The number of halogens is 3. The molecule has 0 aliphatic heterocycles. The van der Waals surface area contributed by atoms with Gasteiger partial charge in [0.2, 0.25) is 3.79 Å². The molecule has 0 aromatic heterocycles. The van der Waals surface area contributed by atoms with Gasteiger partial charge in [0.05, 0.1) is 0 Å². The third kappa shape index (κ3) is 4.80. The summed E-state index contributed by atoms with van der Waals surface area (Å²) in [5.74, 6) is 0.229. The van der Waals surface area contributed by atoms with Crippen molar-refractivity contribution in [3.63, 3.8) is 0 Å². The zero-order chi connectivity index (χ0) is 14.7. The van der Waals surface area contributed by atoms with Gasteiger partial charge in [0.15, 0.2) is 0 Å². The van der Waals surface area contributed by atoms with E-state index in [0.29, 0.717) is 5.56 Å². The maximum atomic E-state index is 11.7. The predicted molar refractivity (Wildman–Crippen MR) is 73.9 cm³/mol. The van der Waals surface area contributed by atoms with E-state index in [4.69, 9.17) is 39.3 Å². The van der Waals surface area contributed by atoms with Gasteiger partial charge < -0.3 is 9.63 Å². The average Bonchev–Trinajstić information content (AvgIpc) is 2.37. The summed E-state index contributed by atoms with van der Waals surface area (Å²) in [4.78, 5) is 0. The summed E-state index contributed by atoms with van der Waals surface area (Å²) in [5.41, 5.74) is 0.372. The predicted octanol–water partition coefficient (Wildman–Crippen LogP) is 3.87. The van der Waals surface area contributed by atoms with E-state index in [0.717, 1.165) is 0 Å². The number of aliphatic hydroxyl groups excluding tert-OH is 1. The molecule has 9 heteroatoms. The fourth-order valence-corrected chi connectivity index (χ4v) is 2.23. The molecule has 19 heavy (non-hydrogen) atoms. The molecule has 0 fully saturated rings. The van der Waals surface area contributed by atoms with E-state index in [-0.39, 0.29) is 5.75 Å². The number of phosphoric acid groups is 1. The van der Waals surface area contributed by atoms with Gasteiger partial charge in [-0.15, -0.1) is 0 Å². The van der Waals surface area contributed by atoms with Crippen molar-refractivity contribution in [1.29, 1.82) is 0 Å². The third-order valence-electron chi connectivity index (χ3n) is 2.17. The van der Waals surface area contributed by atoms with E-state index in [9.17, 15) is 9.67 Å². The molecular formula is C10H12Cl3O5P. The Balaban J connectivity index is 2.86. The van der Waals surface area contributed by atoms with Gasteiger partial charge in [-0.25, -0.2) is 4.57 Å². The van der Waals surface area contributed by atoms with Crippen molar-refractivity contribution in [3.05, 3.63) is 29.8 Å². The zero-order valence-electron chi connectivity index (χ0n) is 10.0. The van der Waals surface area contributed by atoms with Gasteiger partial charge in [0, 0.05) is 14.2 Å². The molecule has 1 aromatic carbocycles. The molecule has 1 unspecified atom stereocenters. The Bertz CT molecular complexity index is 451. The number of hydrogen-bond donors (Lipinski definition) is 1. The molecule has 0 saturated carbocycles. The topological polar surface area (TPSA) is 65.0 Å². The highest BCUT2D eigenvalue weighted by Gasteiger charge is 2.32. The Morgan fingerprint density at radius 2 is 1.63 bits per heavy atom. The first-order chi connectivity index (χ1) is 8.72. The van der Waals surface area contributed by atoms with Crippen molar-refractivity contribution < 1.29 is 23.2 Å². The number of alkyl halides is 3. The maximum Gasteiger partial charge on any atom is 0.529 e. The molecular weight excluding hydrogens is 337 g/mol. The second-order valence-electron chi connectivity index (χ2n) is 3.42. The molecule has 1 atom stereocenters. The lowest BCUT2D eigenvalue weighted by Crippen LogP contribution is -2.16. The van der Waals surface area contributed by atoms with Crippen molar-refractivity contribution in [2.24, 2.45) is 0 Å². The molecule has 0 aliphatic carbocycles. The number of phosphoric ester groups is 1. The number of rotatable bonds is 5. The van der Waals surface area contributed by atoms with Crippen molar-refractivity contribution in [3.8, 4) is 5.75 Å². The number of hydrogen-bond acceptors (Lipinski definition) is 5. The Hall–Kier alpha value is -0.000000000000000167. The summed E-state index contributed by atoms with van der Waals surface area (Å²) >= 11 is 16.7. The normalized spacial score (nSPS) is 14.2. The lowest BCUT2D eigenvalue weighted by atomic mass is 10.1. The minimum Gasteiger partial charge on any atom is -0.404 e. The van der Waals surface area contributed by atoms with Crippen LogP contribution in [-0.2, 0) is 13.6 Å². The summed E-state index contributed by atoms with van der Waals surface area (Å²) in [6.45, 7) is 0. The molecule has 5 nitrogen and oxygen atoms in total.